The quantitative estimate of drug-likeness (QED) is 0.765. The van der Waals surface area contributed by atoms with Crippen molar-refractivity contribution in [3.63, 3.8) is 0 Å². The number of nitrogens with one attached hydrogen (secondary N) is 1. The van der Waals surface area contributed by atoms with Crippen LogP contribution in [0.3, 0.4) is 0 Å². The highest BCUT2D eigenvalue weighted by Crippen LogP contribution is 2.25. The lowest BCUT2D eigenvalue weighted by Crippen LogP contribution is -2.44. The first kappa shape index (κ1) is 12.2. The summed E-state index contributed by atoms with van der Waals surface area (Å²) in [4.78, 5) is 15.8. The maximum Gasteiger partial charge on any atom is 0.319 e. The largest absolute Gasteiger partial charge is 0.333 e. The lowest BCUT2D eigenvalue weighted by Gasteiger charge is -2.28. The summed E-state index contributed by atoms with van der Waals surface area (Å²) in [7, 11) is 2.10. The number of hydrogen-bond donors (Lipinski definition) is 1. The van der Waals surface area contributed by atoms with Crippen LogP contribution in [0.2, 0.25) is 0 Å². The van der Waals surface area contributed by atoms with Crippen LogP contribution >= 0.6 is 0 Å². The van der Waals surface area contributed by atoms with E-state index in [0.717, 1.165) is 19.5 Å². The first-order valence-corrected chi connectivity index (χ1v) is 6.12. The molecule has 0 radical (unpaired) electrons. The summed E-state index contributed by atoms with van der Waals surface area (Å²) < 4.78 is 0. The van der Waals surface area contributed by atoms with Gasteiger partial charge in [0.05, 0.1) is 12.1 Å². The summed E-state index contributed by atoms with van der Waals surface area (Å²) in [5.41, 5.74) is -0.719. The molecule has 2 unspecified atom stereocenters. The van der Waals surface area contributed by atoms with Crippen LogP contribution < -0.4 is 5.32 Å². The van der Waals surface area contributed by atoms with E-state index in [0.29, 0.717) is 12.5 Å². The van der Waals surface area contributed by atoms with Crippen molar-refractivity contribution in [2.24, 2.45) is 5.92 Å². The highest BCUT2D eigenvalue weighted by molar-refractivity contribution is 5.78. The second kappa shape index (κ2) is 4.19. The van der Waals surface area contributed by atoms with E-state index in [1.54, 1.807) is 18.7 Å². The van der Waals surface area contributed by atoms with E-state index in [2.05, 4.69) is 23.3 Å². The van der Waals surface area contributed by atoms with Gasteiger partial charge < -0.3 is 15.1 Å². The molecule has 2 aliphatic heterocycles. The molecule has 2 heterocycles. The number of amides is 2. The van der Waals surface area contributed by atoms with E-state index in [-0.39, 0.29) is 12.1 Å². The Balaban J connectivity index is 2.03. The van der Waals surface area contributed by atoms with E-state index in [1.807, 2.05) is 0 Å². The molecule has 2 amide bonds. The fraction of sp³-hybridized carbons (Fsp3) is 0.833. The van der Waals surface area contributed by atoms with Gasteiger partial charge in [-0.1, -0.05) is 0 Å². The standard InChI is InChI=1S/C12H20N4O/c1-12(2,8-13)16-7-10(14-11(16)17)9-4-5-15(3)6-9/h9-10H,4-7H2,1-3H3,(H,14,17). The number of likely N-dealkylation sites (tertiary alicyclic amines) is 1. The molecule has 0 aliphatic carbocycles. The van der Waals surface area contributed by atoms with Crippen LogP contribution in [-0.2, 0) is 0 Å². The molecule has 2 saturated heterocycles. The molecule has 2 rings (SSSR count). The molecule has 0 aromatic heterocycles. The van der Waals surface area contributed by atoms with Gasteiger partial charge in [-0.2, -0.15) is 5.26 Å². The molecular formula is C12H20N4O. The van der Waals surface area contributed by atoms with E-state index in [9.17, 15) is 4.79 Å². The fourth-order valence-corrected chi connectivity index (χ4v) is 2.67. The third-order valence-electron chi connectivity index (χ3n) is 3.88. The number of nitriles is 1. The molecule has 0 aromatic carbocycles. The summed E-state index contributed by atoms with van der Waals surface area (Å²) in [6.07, 6.45) is 1.13. The third kappa shape index (κ3) is 2.22. The Bertz CT molecular complexity index is 360. The molecule has 0 spiro atoms. The smallest absolute Gasteiger partial charge is 0.319 e. The Morgan fingerprint density at radius 3 is 2.71 bits per heavy atom. The molecule has 2 atom stereocenters. The zero-order valence-corrected chi connectivity index (χ0v) is 10.7. The van der Waals surface area contributed by atoms with Gasteiger partial charge in [0.15, 0.2) is 0 Å². The van der Waals surface area contributed by atoms with Gasteiger partial charge in [-0.3, -0.25) is 0 Å². The van der Waals surface area contributed by atoms with Gasteiger partial charge in [0, 0.05) is 13.1 Å². The Hall–Kier alpha value is -1.28. The first-order chi connectivity index (χ1) is 7.94. The van der Waals surface area contributed by atoms with Crippen molar-refractivity contribution in [3.05, 3.63) is 0 Å². The monoisotopic (exact) mass is 236 g/mol. The average Bonchev–Trinajstić information content (AvgIpc) is 2.85. The summed E-state index contributed by atoms with van der Waals surface area (Å²) in [5, 5.41) is 12.1. The van der Waals surface area contributed by atoms with Crippen LogP contribution in [-0.4, -0.2) is 54.1 Å². The van der Waals surface area contributed by atoms with Crippen LogP contribution in [0.1, 0.15) is 20.3 Å². The zero-order valence-electron chi connectivity index (χ0n) is 10.7. The second-order valence-corrected chi connectivity index (χ2v) is 5.65. The van der Waals surface area contributed by atoms with Crippen LogP contribution in [0.15, 0.2) is 0 Å². The predicted molar refractivity (Wildman–Crippen MR) is 64.3 cm³/mol. The van der Waals surface area contributed by atoms with E-state index in [1.165, 1.54) is 0 Å². The summed E-state index contributed by atoms with van der Waals surface area (Å²) in [5.74, 6) is 0.517. The SMILES string of the molecule is CN1CCC(C2CN(C(C)(C)C#N)C(=O)N2)C1. The Morgan fingerprint density at radius 1 is 1.47 bits per heavy atom. The lowest BCUT2D eigenvalue weighted by atomic mass is 9.98. The highest BCUT2D eigenvalue weighted by atomic mass is 16.2. The Labute approximate surface area is 102 Å². The minimum atomic E-state index is -0.719. The molecule has 0 saturated carbocycles. The fourth-order valence-electron chi connectivity index (χ4n) is 2.67. The average molecular weight is 236 g/mol. The van der Waals surface area contributed by atoms with Crippen LogP contribution in [0.25, 0.3) is 0 Å². The number of rotatable bonds is 2. The summed E-state index contributed by atoms with van der Waals surface area (Å²) in [6.45, 7) is 6.35. The number of carbonyl (C=O) groups excluding carboxylic acids is 1. The van der Waals surface area contributed by atoms with E-state index in [4.69, 9.17) is 5.26 Å². The topological polar surface area (TPSA) is 59.4 Å². The molecule has 5 heteroatoms. The molecule has 2 aliphatic rings. The third-order valence-corrected chi connectivity index (χ3v) is 3.88. The van der Waals surface area contributed by atoms with E-state index < -0.39 is 5.54 Å². The van der Waals surface area contributed by atoms with Gasteiger partial charge in [0.2, 0.25) is 0 Å². The van der Waals surface area contributed by atoms with Gasteiger partial charge in [0.25, 0.3) is 0 Å². The summed E-state index contributed by atoms with van der Waals surface area (Å²) in [6, 6.07) is 2.28. The van der Waals surface area contributed by atoms with Gasteiger partial charge in [-0.05, 0) is 39.8 Å². The first-order valence-electron chi connectivity index (χ1n) is 6.12. The maximum absolute atomic E-state index is 11.9. The Morgan fingerprint density at radius 2 is 2.18 bits per heavy atom. The lowest BCUT2D eigenvalue weighted by molar-refractivity contribution is 0.185. The molecule has 0 aromatic rings. The van der Waals surface area contributed by atoms with Gasteiger partial charge in [-0.25, -0.2) is 4.79 Å². The normalized spacial score (nSPS) is 30.5. The molecule has 94 valence electrons. The highest BCUT2D eigenvalue weighted by Gasteiger charge is 2.42. The van der Waals surface area contributed by atoms with Gasteiger partial charge >= 0.3 is 6.03 Å². The van der Waals surface area contributed by atoms with Crippen LogP contribution in [0, 0.1) is 17.2 Å². The number of nitrogens with zero attached hydrogens (tertiary/aromatic N) is 3. The molecule has 0 bridgehead atoms. The molecular weight excluding hydrogens is 216 g/mol. The van der Waals surface area contributed by atoms with Crippen molar-refractivity contribution in [2.75, 3.05) is 26.7 Å². The van der Waals surface area contributed by atoms with E-state index >= 15 is 0 Å². The van der Waals surface area contributed by atoms with Crippen molar-refractivity contribution < 1.29 is 4.79 Å². The van der Waals surface area contributed by atoms with Crippen LogP contribution in [0.4, 0.5) is 4.79 Å². The predicted octanol–water partition coefficient (Wildman–Crippen LogP) is 0.634. The van der Waals surface area contributed by atoms with Crippen molar-refractivity contribution >= 4 is 6.03 Å². The van der Waals surface area contributed by atoms with Gasteiger partial charge in [-0.15, -0.1) is 0 Å². The molecule has 5 nitrogen and oxygen atoms in total. The number of carbonyl (C=O) groups is 1. The number of hydrogen-bond acceptors (Lipinski definition) is 3. The maximum atomic E-state index is 11.9. The van der Waals surface area contributed by atoms with Crippen molar-refractivity contribution in [3.8, 4) is 6.07 Å². The zero-order chi connectivity index (χ0) is 12.6. The van der Waals surface area contributed by atoms with Crippen molar-refractivity contribution in [1.29, 1.82) is 5.26 Å². The minimum absolute atomic E-state index is 0.101. The van der Waals surface area contributed by atoms with Crippen molar-refractivity contribution in [2.45, 2.75) is 31.8 Å². The molecule has 2 fully saturated rings. The van der Waals surface area contributed by atoms with Gasteiger partial charge in [0.1, 0.15) is 5.54 Å². The minimum Gasteiger partial charge on any atom is -0.333 e. The van der Waals surface area contributed by atoms with Crippen molar-refractivity contribution in [1.82, 2.24) is 15.1 Å². The Kier molecular flexibility index (Phi) is 3.00. The summed E-state index contributed by atoms with van der Waals surface area (Å²) >= 11 is 0. The second-order valence-electron chi connectivity index (χ2n) is 5.65. The molecule has 17 heavy (non-hydrogen) atoms. The molecule has 1 N–H and O–H groups in total. The number of urea groups is 1. The van der Waals surface area contributed by atoms with Crippen LogP contribution in [0.5, 0.6) is 0 Å².